The van der Waals surface area contributed by atoms with Gasteiger partial charge in [-0.25, -0.2) is 14.2 Å². The van der Waals surface area contributed by atoms with Crippen LogP contribution in [0, 0.1) is 0 Å². The SMILES string of the molecule is CCCCOCn1c(=O)ccn([C@@H]2O[C@H](OCP(=O)(OCC)OCC)CC2OC(=O)c2ccccc2)c1=O. The van der Waals surface area contributed by atoms with E-state index in [4.69, 9.17) is 28.0 Å². The van der Waals surface area contributed by atoms with Crippen LogP contribution in [0.5, 0.6) is 0 Å². The second-order valence-electron chi connectivity index (χ2n) is 8.41. The predicted molar refractivity (Wildman–Crippen MR) is 137 cm³/mol. The van der Waals surface area contributed by atoms with Crippen LogP contribution in [0.1, 0.15) is 56.6 Å². The summed E-state index contributed by atoms with van der Waals surface area (Å²) < 4.78 is 48.2. The Morgan fingerprint density at radius 3 is 2.45 bits per heavy atom. The van der Waals surface area contributed by atoms with Crippen molar-refractivity contribution in [3.05, 3.63) is 69.0 Å². The first-order chi connectivity index (χ1) is 18.3. The van der Waals surface area contributed by atoms with Crippen molar-refractivity contribution in [2.45, 2.75) is 65.4 Å². The van der Waals surface area contributed by atoms with E-state index in [-0.39, 0.29) is 26.4 Å². The molecule has 210 valence electrons. The lowest BCUT2D eigenvalue weighted by molar-refractivity contribution is -0.149. The normalized spacial score (nSPS) is 19.5. The van der Waals surface area contributed by atoms with Crippen molar-refractivity contribution in [3.63, 3.8) is 0 Å². The summed E-state index contributed by atoms with van der Waals surface area (Å²) >= 11 is 0. The van der Waals surface area contributed by atoms with Gasteiger partial charge in [0.15, 0.2) is 25.0 Å². The number of unbranched alkanes of at least 4 members (excludes halogenated alkanes) is 1. The van der Waals surface area contributed by atoms with Gasteiger partial charge in [0.25, 0.3) is 5.56 Å². The molecule has 0 N–H and O–H groups in total. The number of hydrogen-bond donors (Lipinski definition) is 0. The van der Waals surface area contributed by atoms with Gasteiger partial charge in [0, 0.05) is 25.3 Å². The van der Waals surface area contributed by atoms with Crippen molar-refractivity contribution in [3.8, 4) is 0 Å². The van der Waals surface area contributed by atoms with E-state index in [9.17, 15) is 18.9 Å². The van der Waals surface area contributed by atoms with Crippen LogP contribution in [0.15, 0.2) is 52.2 Å². The van der Waals surface area contributed by atoms with Crippen LogP contribution in [0.2, 0.25) is 0 Å². The molecule has 38 heavy (non-hydrogen) atoms. The Balaban J connectivity index is 1.85. The molecule has 3 atom stereocenters. The molecule has 2 aromatic rings. The van der Waals surface area contributed by atoms with E-state index < -0.39 is 49.8 Å². The van der Waals surface area contributed by atoms with Crippen LogP contribution in [-0.2, 0) is 39.3 Å². The summed E-state index contributed by atoms with van der Waals surface area (Å²) in [7, 11) is -3.54. The van der Waals surface area contributed by atoms with Crippen LogP contribution in [-0.4, -0.2) is 53.7 Å². The third-order valence-corrected chi connectivity index (χ3v) is 7.37. The molecule has 12 nitrogen and oxygen atoms in total. The van der Waals surface area contributed by atoms with Crippen molar-refractivity contribution in [2.75, 3.05) is 26.2 Å². The highest BCUT2D eigenvalue weighted by molar-refractivity contribution is 7.53. The zero-order valence-electron chi connectivity index (χ0n) is 21.9. The van der Waals surface area contributed by atoms with Crippen LogP contribution in [0.25, 0.3) is 0 Å². The van der Waals surface area contributed by atoms with E-state index in [1.807, 2.05) is 6.92 Å². The minimum Gasteiger partial charge on any atom is -0.454 e. The number of hydrogen-bond acceptors (Lipinski definition) is 10. The van der Waals surface area contributed by atoms with Gasteiger partial charge in [-0.05, 0) is 32.4 Å². The minimum absolute atomic E-state index is 0.0278. The molecule has 0 aliphatic carbocycles. The van der Waals surface area contributed by atoms with Gasteiger partial charge in [-0.3, -0.25) is 13.9 Å². The maximum absolute atomic E-state index is 13.2. The van der Waals surface area contributed by atoms with Crippen molar-refractivity contribution in [1.29, 1.82) is 0 Å². The molecule has 2 heterocycles. The van der Waals surface area contributed by atoms with E-state index >= 15 is 0 Å². The largest absolute Gasteiger partial charge is 0.454 e. The molecule has 0 spiro atoms. The molecule has 1 saturated heterocycles. The first-order valence-electron chi connectivity index (χ1n) is 12.6. The average molecular weight is 555 g/mol. The molecule has 0 saturated carbocycles. The summed E-state index contributed by atoms with van der Waals surface area (Å²) in [6.45, 7) is 5.84. The summed E-state index contributed by atoms with van der Waals surface area (Å²) in [5.41, 5.74) is -0.926. The smallest absolute Gasteiger partial charge is 0.356 e. The average Bonchev–Trinajstić information content (AvgIpc) is 3.30. The fraction of sp³-hybridized carbons (Fsp3) is 0.560. The molecule has 13 heteroatoms. The first kappa shape index (κ1) is 29.9. The van der Waals surface area contributed by atoms with E-state index in [0.29, 0.717) is 12.2 Å². The van der Waals surface area contributed by atoms with E-state index in [2.05, 4.69) is 0 Å². The summed E-state index contributed by atoms with van der Waals surface area (Å²) in [6, 6.07) is 9.56. The minimum atomic E-state index is -3.54. The van der Waals surface area contributed by atoms with Gasteiger partial charge in [-0.2, -0.15) is 0 Å². The Hall–Kier alpha value is -2.60. The molecule has 0 amide bonds. The summed E-state index contributed by atoms with van der Waals surface area (Å²) in [6.07, 6.45) is -0.502. The second-order valence-corrected chi connectivity index (χ2v) is 10.4. The topological polar surface area (TPSA) is 134 Å². The van der Waals surface area contributed by atoms with Crippen molar-refractivity contribution in [2.24, 2.45) is 0 Å². The maximum Gasteiger partial charge on any atom is 0.356 e. The standard InChI is InChI=1S/C25H35N2O10P/c1-4-7-15-32-17-27-21(28)13-14-26(25(27)30)23-20(36-24(29)19-11-9-8-10-12-19)16-22(37-23)33-18-38(31,34-5-2)35-6-3/h8-14,20,22-23H,4-7,15-18H2,1-3H3/t20?,22-,23+/m0/s1. The van der Waals surface area contributed by atoms with E-state index in [1.54, 1.807) is 44.2 Å². The molecular formula is C25H35N2O10P. The van der Waals surface area contributed by atoms with Crippen molar-refractivity contribution >= 4 is 13.6 Å². The van der Waals surface area contributed by atoms with E-state index in [0.717, 1.165) is 22.0 Å². The quantitative estimate of drug-likeness (QED) is 0.183. The highest BCUT2D eigenvalue weighted by Crippen LogP contribution is 2.48. The van der Waals surface area contributed by atoms with E-state index in [1.165, 1.54) is 12.3 Å². The fourth-order valence-electron chi connectivity index (χ4n) is 3.77. The van der Waals surface area contributed by atoms with Crippen molar-refractivity contribution in [1.82, 2.24) is 9.13 Å². The van der Waals surface area contributed by atoms with Crippen LogP contribution in [0.3, 0.4) is 0 Å². The molecule has 1 fully saturated rings. The van der Waals surface area contributed by atoms with Gasteiger partial charge in [0.1, 0.15) is 6.73 Å². The Morgan fingerprint density at radius 2 is 1.79 bits per heavy atom. The number of carbonyl (C=O) groups is 1. The molecule has 0 bridgehead atoms. The van der Waals surface area contributed by atoms with Crippen LogP contribution >= 0.6 is 7.60 Å². The molecule has 0 radical (unpaired) electrons. The lowest BCUT2D eigenvalue weighted by atomic mass is 10.2. The van der Waals surface area contributed by atoms with Crippen molar-refractivity contribution < 1.29 is 37.4 Å². The molecule has 3 rings (SSSR count). The molecule has 1 aliphatic rings. The Bertz CT molecular complexity index is 1190. The third-order valence-electron chi connectivity index (χ3n) is 5.60. The zero-order valence-corrected chi connectivity index (χ0v) is 22.7. The van der Waals surface area contributed by atoms with Gasteiger partial charge < -0.3 is 28.0 Å². The van der Waals surface area contributed by atoms with Crippen LogP contribution in [0.4, 0.5) is 0 Å². The number of carbonyl (C=O) groups excluding carboxylic acids is 1. The van der Waals surface area contributed by atoms with Gasteiger partial charge in [0.05, 0.1) is 18.8 Å². The second kappa shape index (κ2) is 14.5. The first-order valence-corrected chi connectivity index (χ1v) is 14.4. The molecule has 1 aliphatic heterocycles. The Kier molecular flexibility index (Phi) is 11.4. The van der Waals surface area contributed by atoms with Gasteiger partial charge in [0.2, 0.25) is 0 Å². The summed E-state index contributed by atoms with van der Waals surface area (Å²) in [5, 5.41) is 0. The molecule has 1 aromatic carbocycles. The van der Waals surface area contributed by atoms with Crippen LogP contribution < -0.4 is 11.2 Å². The number of aromatic nitrogens is 2. The lowest BCUT2D eigenvalue weighted by Crippen LogP contribution is -2.43. The number of nitrogens with zero attached hydrogens (tertiary/aromatic N) is 2. The Labute approximate surface area is 220 Å². The van der Waals surface area contributed by atoms with Gasteiger partial charge in [-0.15, -0.1) is 0 Å². The monoisotopic (exact) mass is 554 g/mol. The Morgan fingerprint density at radius 1 is 1.08 bits per heavy atom. The zero-order chi connectivity index (χ0) is 27.5. The third kappa shape index (κ3) is 7.95. The molecular weight excluding hydrogens is 519 g/mol. The predicted octanol–water partition coefficient (Wildman–Crippen LogP) is 3.50. The number of ether oxygens (including phenoxy) is 4. The highest BCUT2D eigenvalue weighted by Gasteiger charge is 2.42. The maximum atomic E-state index is 13.2. The lowest BCUT2D eigenvalue weighted by Gasteiger charge is -2.22. The molecule has 1 unspecified atom stereocenters. The van der Waals surface area contributed by atoms with Gasteiger partial charge in [-0.1, -0.05) is 31.5 Å². The number of rotatable bonds is 15. The number of esters is 1. The summed E-state index contributed by atoms with van der Waals surface area (Å²) in [5.74, 6) is -0.622. The fourth-order valence-corrected chi connectivity index (χ4v) is 5.13. The molecule has 1 aromatic heterocycles. The van der Waals surface area contributed by atoms with Gasteiger partial charge >= 0.3 is 19.3 Å². The summed E-state index contributed by atoms with van der Waals surface area (Å²) in [4.78, 5) is 38.4. The number of benzene rings is 1. The highest BCUT2D eigenvalue weighted by atomic mass is 31.2.